The quantitative estimate of drug-likeness (QED) is 0.426. The molecule has 78 valence electrons. The molecule has 0 aliphatic rings. The van der Waals surface area contributed by atoms with E-state index < -0.39 is 22.9 Å². The fraction of sp³-hybridized carbons (Fsp3) is 0.250. The van der Waals surface area contributed by atoms with E-state index in [1.54, 1.807) is 0 Å². The molecule has 0 aliphatic heterocycles. The Morgan fingerprint density at radius 3 is 2.14 bits per heavy atom. The lowest BCUT2D eigenvalue weighted by atomic mass is 10.1. The lowest BCUT2D eigenvalue weighted by Gasteiger charge is -2.10. The van der Waals surface area contributed by atoms with Gasteiger partial charge in [0, 0.05) is 5.56 Å². The summed E-state index contributed by atoms with van der Waals surface area (Å²) in [4.78, 5) is -1.50. The molecule has 0 spiro atoms. The lowest BCUT2D eigenvalue weighted by molar-refractivity contribution is 0.146. The van der Waals surface area contributed by atoms with Crippen LogP contribution in [0.1, 0.15) is 10.4 Å². The highest BCUT2D eigenvalue weighted by Crippen LogP contribution is 2.33. The van der Waals surface area contributed by atoms with Gasteiger partial charge in [-0.2, -0.15) is 0 Å². The van der Waals surface area contributed by atoms with Gasteiger partial charge in [0.1, 0.15) is 16.5 Å². The zero-order valence-corrected chi connectivity index (χ0v) is 9.75. The van der Waals surface area contributed by atoms with Crippen molar-refractivity contribution < 1.29 is 17.6 Å². The summed E-state index contributed by atoms with van der Waals surface area (Å²) < 4.78 is 50.3. The summed E-state index contributed by atoms with van der Waals surface area (Å²) in [6.45, 7) is 0. The number of rotatable bonds is 2. The second kappa shape index (κ2) is 4.61. The van der Waals surface area contributed by atoms with E-state index in [0.717, 1.165) is 12.1 Å². The van der Waals surface area contributed by atoms with Crippen molar-refractivity contribution in [3.8, 4) is 0 Å². The van der Waals surface area contributed by atoms with Crippen LogP contribution >= 0.6 is 31.9 Å². The molecule has 1 aromatic carbocycles. The van der Waals surface area contributed by atoms with Crippen LogP contribution in [0.5, 0.6) is 0 Å². The van der Waals surface area contributed by atoms with Crippen LogP contribution in [0.2, 0.25) is 0 Å². The molecule has 0 saturated carbocycles. The minimum absolute atomic E-state index is 0.0901. The molecule has 0 heterocycles. The van der Waals surface area contributed by atoms with Crippen LogP contribution in [-0.2, 0) is 0 Å². The Morgan fingerprint density at radius 1 is 1.07 bits per heavy atom. The summed E-state index contributed by atoms with van der Waals surface area (Å²) in [7, 11) is 0. The first-order valence-electron chi connectivity index (χ1n) is 3.50. The Morgan fingerprint density at radius 2 is 1.64 bits per heavy atom. The lowest BCUT2D eigenvalue weighted by Crippen LogP contribution is -2.04. The molecule has 0 radical (unpaired) electrons. The smallest absolute Gasteiger partial charge is 0.209 e. The van der Waals surface area contributed by atoms with Crippen LogP contribution < -0.4 is 0 Å². The van der Waals surface area contributed by atoms with Crippen LogP contribution in [0, 0.1) is 11.6 Å². The fourth-order valence-electron chi connectivity index (χ4n) is 0.885. The van der Waals surface area contributed by atoms with E-state index in [1.165, 1.54) is 0 Å². The minimum atomic E-state index is -2.79. The maximum Gasteiger partial charge on any atom is 0.255 e. The SMILES string of the molecule is Fc1cc(C(Br)C(F)F)c(F)cc1Br. The van der Waals surface area contributed by atoms with E-state index in [1.807, 2.05) is 0 Å². The van der Waals surface area contributed by atoms with Crippen LogP contribution in [0.15, 0.2) is 16.6 Å². The third-order valence-electron chi connectivity index (χ3n) is 1.56. The molecule has 0 nitrogen and oxygen atoms in total. The predicted molar refractivity (Wildman–Crippen MR) is 51.7 cm³/mol. The zero-order valence-electron chi connectivity index (χ0n) is 6.58. The number of alkyl halides is 3. The first-order valence-corrected chi connectivity index (χ1v) is 5.21. The number of halogens is 6. The van der Waals surface area contributed by atoms with E-state index in [9.17, 15) is 17.6 Å². The molecule has 1 aromatic rings. The molecule has 0 bridgehead atoms. The maximum atomic E-state index is 13.1. The van der Waals surface area contributed by atoms with Gasteiger partial charge in [-0.1, -0.05) is 15.9 Å². The van der Waals surface area contributed by atoms with Gasteiger partial charge in [0.25, 0.3) is 6.43 Å². The van der Waals surface area contributed by atoms with E-state index in [-0.39, 0.29) is 10.0 Å². The van der Waals surface area contributed by atoms with Gasteiger partial charge in [0.15, 0.2) is 0 Å². The molecule has 6 heteroatoms. The van der Waals surface area contributed by atoms with Gasteiger partial charge in [-0.05, 0) is 28.1 Å². The van der Waals surface area contributed by atoms with E-state index >= 15 is 0 Å². The molecular weight excluding hydrogens is 332 g/mol. The van der Waals surface area contributed by atoms with Crippen molar-refractivity contribution >= 4 is 31.9 Å². The third kappa shape index (κ3) is 2.48. The highest BCUT2D eigenvalue weighted by molar-refractivity contribution is 9.10. The molecule has 0 aliphatic carbocycles. The molecular formula is C8H4Br2F4. The van der Waals surface area contributed by atoms with Gasteiger partial charge >= 0.3 is 0 Å². The molecule has 1 unspecified atom stereocenters. The van der Waals surface area contributed by atoms with Crippen molar-refractivity contribution in [3.63, 3.8) is 0 Å². The highest BCUT2D eigenvalue weighted by Gasteiger charge is 2.23. The van der Waals surface area contributed by atoms with Gasteiger partial charge in [0.2, 0.25) is 0 Å². The number of benzene rings is 1. The molecule has 1 atom stereocenters. The summed E-state index contributed by atoms with van der Waals surface area (Å²) in [6, 6.07) is 1.56. The zero-order chi connectivity index (χ0) is 10.9. The van der Waals surface area contributed by atoms with Crippen LogP contribution in [0.25, 0.3) is 0 Å². The van der Waals surface area contributed by atoms with E-state index in [4.69, 9.17) is 0 Å². The molecule has 0 N–H and O–H groups in total. The normalized spacial score (nSPS) is 13.4. The van der Waals surface area contributed by atoms with Gasteiger partial charge in [-0.15, -0.1) is 0 Å². The summed E-state index contributed by atoms with van der Waals surface area (Å²) in [5.74, 6) is -1.65. The standard InChI is InChI=1S/C8H4Br2F4/c9-4-2-5(11)3(1-6(4)12)7(10)8(13)14/h1-2,7-8H. The monoisotopic (exact) mass is 334 g/mol. The predicted octanol–water partition coefficient (Wildman–Crippen LogP) is 4.43. The Kier molecular flexibility index (Phi) is 3.94. The van der Waals surface area contributed by atoms with Crippen LogP contribution in [0.3, 0.4) is 0 Å². The molecule has 1 rings (SSSR count). The van der Waals surface area contributed by atoms with Crippen molar-refractivity contribution in [2.75, 3.05) is 0 Å². The second-order valence-electron chi connectivity index (χ2n) is 2.52. The largest absolute Gasteiger partial charge is 0.255 e. The van der Waals surface area contributed by atoms with Gasteiger partial charge in [-0.3, -0.25) is 0 Å². The van der Waals surface area contributed by atoms with Gasteiger partial charge in [-0.25, -0.2) is 17.6 Å². The Balaban J connectivity index is 3.15. The Hall–Kier alpha value is -0.100. The van der Waals surface area contributed by atoms with Gasteiger partial charge < -0.3 is 0 Å². The topological polar surface area (TPSA) is 0 Å². The molecule has 0 amide bonds. The van der Waals surface area contributed by atoms with Gasteiger partial charge in [0.05, 0.1) is 4.47 Å². The first-order chi connectivity index (χ1) is 6.43. The van der Waals surface area contributed by atoms with E-state index in [0.29, 0.717) is 0 Å². The molecule has 0 saturated heterocycles. The summed E-state index contributed by atoms with van der Waals surface area (Å²) in [6.07, 6.45) is -2.79. The van der Waals surface area contributed by atoms with Crippen molar-refractivity contribution in [2.45, 2.75) is 11.3 Å². The van der Waals surface area contributed by atoms with Crippen molar-refractivity contribution in [3.05, 3.63) is 33.8 Å². The third-order valence-corrected chi connectivity index (χ3v) is 3.06. The average molecular weight is 336 g/mol. The first kappa shape index (κ1) is 12.0. The maximum absolute atomic E-state index is 13.1. The minimum Gasteiger partial charge on any atom is -0.209 e. The van der Waals surface area contributed by atoms with Crippen molar-refractivity contribution in [1.82, 2.24) is 0 Å². The van der Waals surface area contributed by atoms with Crippen molar-refractivity contribution in [1.29, 1.82) is 0 Å². The summed E-state index contributed by atoms with van der Waals surface area (Å²) >= 11 is 5.34. The molecule has 0 aromatic heterocycles. The Labute approximate surface area is 94.6 Å². The van der Waals surface area contributed by atoms with Crippen LogP contribution in [0.4, 0.5) is 17.6 Å². The second-order valence-corrected chi connectivity index (χ2v) is 4.36. The number of hydrogen-bond acceptors (Lipinski definition) is 0. The Bertz CT molecular complexity index is 340. The fourth-order valence-corrected chi connectivity index (χ4v) is 1.55. The van der Waals surface area contributed by atoms with E-state index in [2.05, 4.69) is 31.9 Å². The molecule has 14 heavy (non-hydrogen) atoms. The highest BCUT2D eigenvalue weighted by atomic mass is 79.9. The molecule has 0 fully saturated rings. The number of hydrogen-bond donors (Lipinski definition) is 0. The summed E-state index contributed by atoms with van der Waals surface area (Å²) in [5, 5.41) is 0. The average Bonchev–Trinajstić information content (AvgIpc) is 2.10. The van der Waals surface area contributed by atoms with Crippen LogP contribution in [-0.4, -0.2) is 6.43 Å². The van der Waals surface area contributed by atoms with Crippen molar-refractivity contribution in [2.24, 2.45) is 0 Å². The summed E-state index contributed by atoms with van der Waals surface area (Å²) in [5.41, 5.74) is -0.388.